The third-order valence-corrected chi connectivity index (χ3v) is 4.56. The second kappa shape index (κ2) is 11.5. The molecule has 0 aliphatic heterocycles. The number of hydrogen-bond donors (Lipinski definition) is 3. The molecule has 0 aliphatic rings. The molecule has 32 heavy (non-hydrogen) atoms. The molecule has 3 aromatic carbocycles. The van der Waals surface area contributed by atoms with Gasteiger partial charge in [-0.25, -0.2) is 0 Å². The Balaban J connectivity index is 1.48. The number of amides is 2. The normalized spacial score (nSPS) is 10.0. The minimum Gasteiger partial charge on any atom is -0.490 e. The van der Waals surface area contributed by atoms with E-state index in [2.05, 4.69) is 16.0 Å². The summed E-state index contributed by atoms with van der Waals surface area (Å²) in [7, 11) is 1.54. The van der Waals surface area contributed by atoms with Crippen LogP contribution < -0.4 is 25.4 Å². The molecule has 0 atom stereocenters. The van der Waals surface area contributed by atoms with E-state index >= 15 is 0 Å². The van der Waals surface area contributed by atoms with Gasteiger partial charge in [-0.15, -0.1) is 0 Å². The molecule has 0 aromatic heterocycles. The fourth-order valence-corrected chi connectivity index (χ4v) is 2.99. The maximum atomic E-state index is 12.5. The highest BCUT2D eigenvalue weighted by atomic mass is 32.1. The molecular formula is C24H23N3O4S. The van der Waals surface area contributed by atoms with Gasteiger partial charge in [0.2, 0.25) is 0 Å². The smallest absolute Gasteiger partial charge is 0.257 e. The predicted molar refractivity (Wildman–Crippen MR) is 127 cm³/mol. The zero-order valence-corrected chi connectivity index (χ0v) is 18.3. The molecular weight excluding hydrogens is 426 g/mol. The van der Waals surface area contributed by atoms with Crippen molar-refractivity contribution >= 4 is 34.8 Å². The van der Waals surface area contributed by atoms with Gasteiger partial charge in [0.1, 0.15) is 24.7 Å². The van der Waals surface area contributed by atoms with Crippen LogP contribution in [0.1, 0.15) is 20.7 Å². The molecule has 0 unspecified atom stereocenters. The van der Waals surface area contributed by atoms with E-state index in [9.17, 15) is 9.59 Å². The molecule has 8 heteroatoms. The fraction of sp³-hybridized carbons (Fsp3) is 0.125. The van der Waals surface area contributed by atoms with Gasteiger partial charge in [-0.2, -0.15) is 0 Å². The molecule has 7 nitrogen and oxygen atoms in total. The molecule has 3 aromatic rings. The zero-order chi connectivity index (χ0) is 22.8. The van der Waals surface area contributed by atoms with Crippen LogP contribution in [0.25, 0.3) is 0 Å². The molecule has 3 N–H and O–H groups in total. The van der Waals surface area contributed by atoms with Crippen LogP contribution in [0.5, 0.6) is 11.5 Å². The van der Waals surface area contributed by atoms with Crippen molar-refractivity contribution in [1.82, 2.24) is 10.6 Å². The van der Waals surface area contributed by atoms with Crippen LogP contribution in [-0.4, -0.2) is 37.2 Å². The van der Waals surface area contributed by atoms with Gasteiger partial charge in [0.05, 0.1) is 11.3 Å². The predicted octanol–water partition coefficient (Wildman–Crippen LogP) is 3.63. The van der Waals surface area contributed by atoms with Crippen molar-refractivity contribution in [3.8, 4) is 11.5 Å². The van der Waals surface area contributed by atoms with Crippen LogP contribution in [0.2, 0.25) is 0 Å². The SMILES string of the molecule is CNC(=O)c1ccccc1NC(=S)NC(=O)c1ccc(OCCOc2ccccc2)cc1. The molecule has 2 amide bonds. The molecule has 0 fully saturated rings. The largest absolute Gasteiger partial charge is 0.490 e. The molecule has 0 bridgehead atoms. The van der Waals surface area contributed by atoms with E-state index in [4.69, 9.17) is 21.7 Å². The summed E-state index contributed by atoms with van der Waals surface area (Å²) in [6.07, 6.45) is 0. The number of anilines is 1. The Morgan fingerprint density at radius 3 is 2.03 bits per heavy atom. The second-order valence-electron chi connectivity index (χ2n) is 6.57. The van der Waals surface area contributed by atoms with Gasteiger partial charge in [-0.05, 0) is 60.7 Å². The molecule has 164 valence electrons. The Morgan fingerprint density at radius 2 is 1.38 bits per heavy atom. The van der Waals surface area contributed by atoms with Gasteiger partial charge in [-0.3, -0.25) is 14.9 Å². The van der Waals surface area contributed by atoms with Crippen molar-refractivity contribution in [3.05, 3.63) is 90.0 Å². The lowest BCUT2D eigenvalue weighted by molar-refractivity contribution is 0.0961. The van der Waals surface area contributed by atoms with Gasteiger partial charge >= 0.3 is 0 Å². The summed E-state index contributed by atoms with van der Waals surface area (Å²) >= 11 is 5.22. The average molecular weight is 450 g/mol. The minimum atomic E-state index is -0.376. The van der Waals surface area contributed by atoms with E-state index in [0.717, 1.165) is 5.75 Å². The Bertz CT molecular complexity index is 1070. The lowest BCUT2D eigenvalue weighted by atomic mass is 10.1. The van der Waals surface area contributed by atoms with Crippen LogP contribution in [0, 0.1) is 0 Å². The molecule has 0 saturated heterocycles. The Morgan fingerprint density at radius 1 is 0.781 bits per heavy atom. The Kier molecular flexibility index (Phi) is 8.16. The summed E-state index contributed by atoms with van der Waals surface area (Å²) < 4.78 is 11.2. The minimum absolute atomic E-state index is 0.0877. The van der Waals surface area contributed by atoms with E-state index in [1.165, 1.54) is 0 Å². The van der Waals surface area contributed by atoms with E-state index in [-0.39, 0.29) is 16.9 Å². The number of carbonyl (C=O) groups excluding carboxylic acids is 2. The number of benzene rings is 3. The van der Waals surface area contributed by atoms with E-state index < -0.39 is 0 Å². The first-order valence-electron chi connectivity index (χ1n) is 9.91. The molecule has 0 aliphatic carbocycles. The number of ether oxygens (including phenoxy) is 2. The molecule has 0 radical (unpaired) electrons. The van der Waals surface area contributed by atoms with Crippen LogP contribution in [0.15, 0.2) is 78.9 Å². The number of nitrogens with one attached hydrogen (secondary N) is 3. The number of carbonyl (C=O) groups is 2. The standard InChI is InChI=1S/C24H23N3O4S/c1-25-23(29)20-9-5-6-10-21(20)26-24(32)27-22(28)17-11-13-19(14-12-17)31-16-15-30-18-7-3-2-4-8-18/h2-14H,15-16H2,1H3,(H,25,29)(H2,26,27,28,32). The maximum absolute atomic E-state index is 12.5. The van der Waals surface area contributed by atoms with Gasteiger partial charge in [0, 0.05) is 12.6 Å². The van der Waals surface area contributed by atoms with Crippen molar-refractivity contribution in [2.75, 3.05) is 25.6 Å². The molecule has 0 saturated carbocycles. The maximum Gasteiger partial charge on any atom is 0.257 e. The average Bonchev–Trinajstić information content (AvgIpc) is 2.82. The van der Waals surface area contributed by atoms with Gasteiger partial charge in [-0.1, -0.05) is 30.3 Å². The fourth-order valence-electron chi connectivity index (χ4n) is 2.79. The quantitative estimate of drug-likeness (QED) is 0.360. The highest BCUT2D eigenvalue weighted by molar-refractivity contribution is 7.80. The first-order chi connectivity index (χ1) is 15.6. The first-order valence-corrected chi connectivity index (χ1v) is 10.3. The number of thiocarbonyl (C=S) groups is 1. The highest BCUT2D eigenvalue weighted by Crippen LogP contribution is 2.16. The van der Waals surface area contributed by atoms with E-state index in [1.807, 2.05) is 30.3 Å². The number of para-hydroxylation sites is 2. The van der Waals surface area contributed by atoms with Crippen LogP contribution in [0.3, 0.4) is 0 Å². The Hall–Kier alpha value is -3.91. The first kappa shape index (κ1) is 22.8. The summed E-state index contributed by atoms with van der Waals surface area (Å²) in [5.41, 5.74) is 1.34. The van der Waals surface area contributed by atoms with E-state index in [1.54, 1.807) is 55.6 Å². The summed E-state index contributed by atoms with van der Waals surface area (Å²) in [6.45, 7) is 0.781. The van der Waals surface area contributed by atoms with Gasteiger partial charge < -0.3 is 20.1 Å². The van der Waals surface area contributed by atoms with Gasteiger partial charge in [0.15, 0.2) is 5.11 Å². The summed E-state index contributed by atoms with van der Waals surface area (Å²) in [5, 5.41) is 8.15. The van der Waals surface area contributed by atoms with Gasteiger partial charge in [0.25, 0.3) is 11.8 Å². The van der Waals surface area contributed by atoms with Crippen molar-refractivity contribution in [2.45, 2.75) is 0 Å². The number of hydrogen-bond acceptors (Lipinski definition) is 5. The van der Waals surface area contributed by atoms with Crippen molar-refractivity contribution in [3.63, 3.8) is 0 Å². The van der Waals surface area contributed by atoms with Crippen LogP contribution in [-0.2, 0) is 0 Å². The number of rotatable bonds is 8. The summed E-state index contributed by atoms with van der Waals surface area (Å²) in [4.78, 5) is 24.4. The molecule has 3 rings (SSSR count). The third-order valence-electron chi connectivity index (χ3n) is 4.35. The zero-order valence-electron chi connectivity index (χ0n) is 17.5. The van der Waals surface area contributed by atoms with Crippen LogP contribution in [0.4, 0.5) is 5.69 Å². The summed E-state index contributed by atoms with van der Waals surface area (Å²) in [6, 6.07) is 23.1. The second-order valence-corrected chi connectivity index (χ2v) is 6.98. The summed E-state index contributed by atoms with van der Waals surface area (Å²) in [5.74, 6) is 0.773. The van der Waals surface area contributed by atoms with Crippen molar-refractivity contribution in [1.29, 1.82) is 0 Å². The van der Waals surface area contributed by atoms with Crippen molar-refractivity contribution < 1.29 is 19.1 Å². The lowest BCUT2D eigenvalue weighted by Gasteiger charge is -2.13. The Labute approximate surface area is 191 Å². The van der Waals surface area contributed by atoms with E-state index in [0.29, 0.717) is 35.8 Å². The van der Waals surface area contributed by atoms with Crippen molar-refractivity contribution in [2.24, 2.45) is 0 Å². The highest BCUT2D eigenvalue weighted by Gasteiger charge is 2.12. The third kappa shape index (κ3) is 6.55. The topological polar surface area (TPSA) is 88.7 Å². The molecule has 0 spiro atoms. The lowest BCUT2D eigenvalue weighted by Crippen LogP contribution is -2.34. The van der Waals surface area contributed by atoms with Crippen LogP contribution >= 0.6 is 12.2 Å². The monoisotopic (exact) mass is 449 g/mol. The molecule has 0 heterocycles.